The minimum Gasteiger partial charge on any atom is -0.465 e. The van der Waals surface area contributed by atoms with Gasteiger partial charge in [0.15, 0.2) is 5.82 Å². The van der Waals surface area contributed by atoms with E-state index in [-0.39, 0.29) is 18.4 Å². The predicted molar refractivity (Wildman–Crippen MR) is 113 cm³/mol. The van der Waals surface area contributed by atoms with Crippen LogP contribution in [0.5, 0.6) is 0 Å². The number of hydrogen-bond donors (Lipinski definition) is 2. The van der Waals surface area contributed by atoms with E-state index < -0.39 is 6.09 Å². The summed E-state index contributed by atoms with van der Waals surface area (Å²) in [6, 6.07) is 9.15. The fourth-order valence-electron chi connectivity index (χ4n) is 3.35. The zero-order valence-corrected chi connectivity index (χ0v) is 17.5. The van der Waals surface area contributed by atoms with Gasteiger partial charge in [-0.1, -0.05) is 6.07 Å². The number of likely N-dealkylation sites (tertiary alicyclic amines) is 1. The van der Waals surface area contributed by atoms with Crippen LogP contribution in [0.15, 0.2) is 53.5 Å². The molecule has 1 unspecified atom stereocenters. The molecule has 154 valence electrons. The first-order valence-corrected chi connectivity index (χ1v) is 10.2. The number of amides is 2. The average Bonchev–Trinajstić information content (AvgIpc) is 3.25. The molecule has 1 saturated heterocycles. The Balaban J connectivity index is 1.42. The van der Waals surface area contributed by atoms with Gasteiger partial charge in [0.25, 0.3) is 0 Å². The maximum atomic E-state index is 12.5. The topological polar surface area (TPSA) is 113 Å². The Kier molecular flexibility index (Phi) is 5.75. The molecule has 1 fully saturated rings. The van der Waals surface area contributed by atoms with Gasteiger partial charge in [0, 0.05) is 24.8 Å². The second kappa shape index (κ2) is 8.62. The van der Waals surface area contributed by atoms with Crippen molar-refractivity contribution in [1.82, 2.24) is 24.6 Å². The number of nitrogens with one attached hydrogen (secondary N) is 1. The number of rotatable bonds is 4. The summed E-state index contributed by atoms with van der Waals surface area (Å²) in [5.41, 5.74) is 2.10. The van der Waals surface area contributed by atoms with Gasteiger partial charge in [0.1, 0.15) is 4.60 Å². The van der Waals surface area contributed by atoms with Crippen molar-refractivity contribution in [2.24, 2.45) is 5.92 Å². The molecule has 1 aliphatic rings. The fourth-order valence-corrected chi connectivity index (χ4v) is 3.69. The number of halogens is 1. The summed E-state index contributed by atoms with van der Waals surface area (Å²) in [7, 11) is 0. The highest BCUT2D eigenvalue weighted by molar-refractivity contribution is 9.10. The number of pyridine rings is 2. The Morgan fingerprint density at radius 2 is 2.07 bits per heavy atom. The van der Waals surface area contributed by atoms with Gasteiger partial charge in [-0.2, -0.15) is 5.10 Å². The summed E-state index contributed by atoms with van der Waals surface area (Å²) in [6.07, 6.45) is 5.48. The number of carboxylic acid groups (broad SMARTS) is 1. The van der Waals surface area contributed by atoms with Crippen molar-refractivity contribution in [3.05, 3.63) is 53.5 Å². The van der Waals surface area contributed by atoms with Crippen molar-refractivity contribution in [2.45, 2.75) is 12.8 Å². The van der Waals surface area contributed by atoms with E-state index in [1.807, 2.05) is 24.4 Å². The molecule has 0 bridgehead atoms. The van der Waals surface area contributed by atoms with E-state index in [1.165, 1.54) is 4.90 Å². The SMILES string of the molecule is O=C(Nc1ccc(-c2cnn(-c3cccc(Br)n3)c2)nc1)C1CCCN(C(=O)O)C1. The number of carbonyl (C=O) groups is 2. The summed E-state index contributed by atoms with van der Waals surface area (Å²) >= 11 is 3.35. The lowest BCUT2D eigenvalue weighted by molar-refractivity contribution is -0.121. The smallest absolute Gasteiger partial charge is 0.407 e. The number of hydrogen-bond acceptors (Lipinski definition) is 5. The van der Waals surface area contributed by atoms with Gasteiger partial charge in [0.05, 0.1) is 29.7 Å². The molecule has 2 N–H and O–H groups in total. The lowest BCUT2D eigenvalue weighted by atomic mass is 9.97. The van der Waals surface area contributed by atoms with Crippen LogP contribution >= 0.6 is 15.9 Å². The van der Waals surface area contributed by atoms with Crippen molar-refractivity contribution in [3.8, 4) is 17.1 Å². The molecule has 9 nitrogen and oxygen atoms in total. The molecule has 1 aliphatic heterocycles. The van der Waals surface area contributed by atoms with Crippen molar-refractivity contribution in [3.63, 3.8) is 0 Å². The minimum absolute atomic E-state index is 0.191. The number of aromatic nitrogens is 4. The standard InChI is InChI=1S/C20H19BrN6O3/c21-17-4-1-5-18(25-17)27-12-14(9-23-27)16-7-6-15(10-22-16)24-19(28)13-3-2-8-26(11-13)20(29)30/h1,4-7,9-10,12-13H,2-3,8,11H2,(H,24,28)(H,29,30). The van der Waals surface area contributed by atoms with Gasteiger partial charge in [-0.15, -0.1) is 0 Å². The predicted octanol–water partition coefficient (Wildman–Crippen LogP) is 3.42. The summed E-state index contributed by atoms with van der Waals surface area (Å²) < 4.78 is 2.38. The molecular weight excluding hydrogens is 452 g/mol. The van der Waals surface area contributed by atoms with E-state index in [0.717, 1.165) is 10.2 Å². The van der Waals surface area contributed by atoms with E-state index in [2.05, 4.69) is 36.3 Å². The highest BCUT2D eigenvalue weighted by Crippen LogP contribution is 2.22. The molecule has 0 spiro atoms. The molecule has 0 saturated carbocycles. The molecule has 10 heteroatoms. The van der Waals surface area contributed by atoms with Crippen molar-refractivity contribution < 1.29 is 14.7 Å². The minimum atomic E-state index is -0.989. The lowest BCUT2D eigenvalue weighted by Crippen LogP contribution is -2.43. The molecule has 30 heavy (non-hydrogen) atoms. The fraction of sp³-hybridized carbons (Fsp3) is 0.250. The van der Waals surface area contributed by atoms with E-state index in [0.29, 0.717) is 36.6 Å². The Morgan fingerprint density at radius 1 is 1.20 bits per heavy atom. The molecule has 0 aromatic carbocycles. The normalized spacial score (nSPS) is 16.3. The summed E-state index contributed by atoms with van der Waals surface area (Å²) in [4.78, 5) is 33.7. The van der Waals surface area contributed by atoms with Crippen molar-refractivity contribution in [2.75, 3.05) is 18.4 Å². The number of piperidine rings is 1. The van der Waals surface area contributed by atoms with E-state index in [1.54, 1.807) is 29.2 Å². The van der Waals surface area contributed by atoms with Crippen molar-refractivity contribution >= 4 is 33.6 Å². The second-order valence-electron chi connectivity index (χ2n) is 6.98. The number of nitrogens with zero attached hydrogens (tertiary/aromatic N) is 5. The quantitative estimate of drug-likeness (QED) is 0.564. The first-order valence-electron chi connectivity index (χ1n) is 9.42. The first-order chi connectivity index (χ1) is 14.5. The number of anilines is 1. The molecule has 3 aromatic heterocycles. The Bertz CT molecular complexity index is 1070. The highest BCUT2D eigenvalue weighted by atomic mass is 79.9. The zero-order chi connectivity index (χ0) is 21.1. The zero-order valence-electron chi connectivity index (χ0n) is 15.9. The van der Waals surface area contributed by atoms with Gasteiger partial charge in [-0.3, -0.25) is 9.78 Å². The molecule has 0 aliphatic carbocycles. The van der Waals surface area contributed by atoms with Crippen LogP contribution in [0.4, 0.5) is 10.5 Å². The highest BCUT2D eigenvalue weighted by Gasteiger charge is 2.28. The van der Waals surface area contributed by atoms with Crippen LogP contribution in [0.25, 0.3) is 17.1 Å². The molecule has 4 rings (SSSR count). The molecule has 1 atom stereocenters. The summed E-state index contributed by atoms with van der Waals surface area (Å²) in [5.74, 6) is 0.136. The van der Waals surface area contributed by atoms with Crippen LogP contribution in [0.3, 0.4) is 0 Å². The Morgan fingerprint density at radius 3 is 2.80 bits per heavy atom. The van der Waals surface area contributed by atoms with E-state index >= 15 is 0 Å². The lowest BCUT2D eigenvalue weighted by Gasteiger charge is -2.29. The van der Waals surface area contributed by atoms with E-state index in [9.17, 15) is 9.59 Å². The molecule has 0 radical (unpaired) electrons. The van der Waals surface area contributed by atoms with Gasteiger partial charge >= 0.3 is 6.09 Å². The molecular formula is C20H19BrN6O3. The first kappa shape index (κ1) is 20.0. The van der Waals surface area contributed by atoms with Gasteiger partial charge in [-0.05, 0) is 53.0 Å². The van der Waals surface area contributed by atoms with E-state index in [4.69, 9.17) is 5.11 Å². The molecule has 2 amide bonds. The third-order valence-corrected chi connectivity index (χ3v) is 5.35. The van der Waals surface area contributed by atoms with Crippen LogP contribution < -0.4 is 5.32 Å². The molecule has 4 heterocycles. The Labute approximate surface area is 180 Å². The third kappa shape index (κ3) is 4.48. The van der Waals surface area contributed by atoms with Crippen LogP contribution in [-0.2, 0) is 4.79 Å². The van der Waals surface area contributed by atoms with Gasteiger partial charge < -0.3 is 15.3 Å². The van der Waals surface area contributed by atoms with Gasteiger partial charge in [0.2, 0.25) is 5.91 Å². The van der Waals surface area contributed by atoms with Crippen molar-refractivity contribution in [1.29, 1.82) is 0 Å². The van der Waals surface area contributed by atoms with Crippen LogP contribution in [0.1, 0.15) is 12.8 Å². The monoisotopic (exact) mass is 470 g/mol. The van der Waals surface area contributed by atoms with Crippen LogP contribution in [0.2, 0.25) is 0 Å². The molecule has 3 aromatic rings. The van der Waals surface area contributed by atoms with Crippen LogP contribution in [-0.4, -0.2) is 54.8 Å². The second-order valence-corrected chi connectivity index (χ2v) is 7.79. The van der Waals surface area contributed by atoms with Crippen LogP contribution in [0, 0.1) is 5.92 Å². The summed E-state index contributed by atoms with van der Waals surface area (Å²) in [5, 5.41) is 16.3. The van der Waals surface area contributed by atoms with Gasteiger partial charge in [-0.25, -0.2) is 14.5 Å². The maximum absolute atomic E-state index is 12.5. The number of carbonyl (C=O) groups excluding carboxylic acids is 1. The third-order valence-electron chi connectivity index (χ3n) is 4.91. The maximum Gasteiger partial charge on any atom is 0.407 e. The largest absolute Gasteiger partial charge is 0.465 e. The average molecular weight is 471 g/mol. The Hall–Kier alpha value is -3.27. The summed E-state index contributed by atoms with van der Waals surface area (Å²) in [6.45, 7) is 0.688.